The molecule has 2 amide bonds. The van der Waals surface area contributed by atoms with Gasteiger partial charge in [0.05, 0.1) is 40.1 Å². The van der Waals surface area contributed by atoms with Crippen LogP contribution in [0, 0.1) is 0 Å². The van der Waals surface area contributed by atoms with E-state index in [9.17, 15) is 14.4 Å². The molecule has 0 fully saturated rings. The van der Waals surface area contributed by atoms with Crippen molar-refractivity contribution in [2.24, 2.45) is 0 Å². The second-order valence-electron chi connectivity index (χ2n) is 7.73. The molecule has 0 aromatic rings. The summed E-state index contributed by atoms with van der Waals surface area (Å²) in [6.07, 6.45) is 1.20. The first kappa shape index (κ1) is 25.9. The predicted molar refractivity (Wildman–Crippen MR) is 102 cm³/mol. The van der Waals surface area contributed by atoms with Gasteiger partial charge in [0.25, 0.3) is 0 Å². The second kappa shape index (κ2) is 12.4. The molecule has 0 unspecified atom stereocenters. The maximum Gasteiger partial charge on any atom is 0.419 e. The van der Waals surface area contributed by atoms with E-state index < -0.39 is 29.4 Å². The highest BCUT2D eigenvalue weighted by molar-refractivity contribution is 5.88. The minimum atomic E-state index is -0.797. The van der Waals surface area contributed by atoms with Gasteiger partial charge < -0.3 is 23.7 Å². The standard InChI is InChI=1S/C19H33NO8/c1-18(2,3)27-16(22)20(17(23)28-19(4,5)6)10-12-26-14-13-25-11-8-9-15(21)24-7/h8-9H,10-14H2,1-7H3/b9-8+. The average molecular weight is 403 g/mol. The van der Waals surface area contributed by atoms with Crippen LogP contribution in [-0.4, -0.2) is 74.3 Å². The van der Waals surface area contributed by atoms with E-state index >= 15 is 0 Å². The summed E-state index contributed by atoms with van der Waals surface area (Å²) in [5, 5.41) is 0. The number of hydrogen-bond donors (Lipinski definition) is 0. The molecule has 0 saturated heterocycles. The third-order valence-corrected chi connectivity index (χ3v) is 2.73. The number of nitrogens with zero attached hydrogens (tertiary/aromatic N) is 1. The molecule has 0 radical (unpaired) electrons. The number of amides is 2. The lowest BCUT2D eigenvalue weighted by atomic mass is 10.2. The van der Waals surface area contributed by atoms with E-state index in [1.807, 2.05) is 0 Å². The first-order valence-corrected chi connectivity index (χ1v) is 8.99. The summed E-state index contributed by atoms with van der Waals surface area (Å²) in [4.78, 5) is 36.3. The number of ether oxygens (including phenoxy) is 5. The van der Waals surface area contributed by atoms with Crippen LogP contribution < -0.4 is 0 Å². The molecule has 9 heteroatoms. The van der Waals surface area contributed by atoms with Crippen molar-refractivity contribution in [1.82, 2.24) is 4.90 Å². The largest absolute Gasteiger partial charge is 0.466 e. The normalized spacial score (nSPS) is 12.0. The van der Waals surface area contributed by atoms with Crippen LogP contribution in [-0.2, 0) is 28.5 Å². The summed E-state index contributed by atoms with van der Waals surface area (Å²) in [6, 6.07) is 0. The Bertz CT molecular complexity index is 503. The van der Waals surface area contributed by atoms with Gasteiger partial charge in [-0.2, -0.15) is 0 Å². The monoisotopic (exact) mass is 403 g/mol. The Kier molecular flexibility index (Phi) is 11.4. The Balaban J connectivity index is 4.38. The molecule has 0 aliphatic rings. The molecule has 0 saturated carbocycles. The van der Waals surface area contributed by atoms with Gasteiger partial charge in [-0.05, 0) is 41.5 Å². The minimum Gasteiger partial charge on any atom is -0.466 e. The van der Waals surface area contributed by atoms with Crippen LogP contribution in [0.15, 0.2) is 12.2 Å². The fourth-order valence-corrected chi connectivity index (χ4v) is 1.63. The number of carbonyl (C=O) groups excluding carboxylic acids is 3. The molecule has 9 nitrogen and oxygen atoms in total. The van der Waals surface area contributed by atoms with Crippen molar-refractivity contribution in [1.29, 1.82) is 0 Å². The van der Waals surface area contributed by atoms with Crippen molar-refractivity contribution in [2.75, 3.05) is 40.1 Å². The van der Waals surface area contributed by atoms with Crippen LogP contribution in [0.4, 0.5) is 9.59 Å². The van der Waals surface area contributed by atoms with Crippen LogP contribution >= 0.6 is 0 Å². The summed E-state index contributed by atoms with van der Waals surface area (Å²) in [6.45, 7) is 11.1. The second-order valence-corrected chi connectivity index (χ2v) is 7.73. The van der Waals surface area contributed by atoms with Crippen molar-refractivity contribution < 1.29 is 38.1 Å². The van der Waals surface area contributed by atoms with Gasteiger partial charge in [0.1, 0.15) is 11.2 Å². The number of methoxy groups -OCH3 is 1. The summed E-state index contributed by atoms with van der Waals surface area (Å²) >= 11 is 0. The summed E-state index contributed by atoms with van der Waals surface area (Å²) in [5.41, 5.74) is -1.49. The Hall–Kier alpha value is -2.13. The molecule has 0 rings (SSSR count). The molecule has 0 aromatic heterocycles. The maximum atomic E-state index is 12.3. The quantitative estimate of drug-likeness (QED) is 0.251. The number of esters is 1. The smallest absolute Gasteiger partial charge is 0.419 e. The van der Waals surface area contributed by atoms with Crippen LogP contribution in [0.1, 0.15) is 41.5 Å². The molecule has 0 aliphatic carbocycles. The van der Waals surface area contributed by atoms with E-state index in [1.165, 1.54) is 19.3 Å². The van der Waals surface area contributed by atoms with Crippen LogP contribution in [0.25, 0.3) is 0 Å². The summed E-state index contributed by atoms with van der Waals surface area (Å²) in [5.74, 6) is -0.454. The molecule has 0 aliphatic heterocycles. The van der Waals surface area contributed by atoms with Gasteiger partial charge in [-0.1, -0.05) is 6.08 Å². The van der Waals surface area contributed by atoms with Crippen molar-refractivity contribution in [2.45, 2.75) is 52.7 Å². The Morgan fingerprint density at radius 3 is 1.79 bits per heavy atom. The van der Waals surface area contributed by atoms with Crippen molar-refractivity contribution in [3.63, 3.8) is 0 Å². The van der Waals surface area contributed by atoms with Gasteiger partial charge in [-0.25, -0.2) is 19.3 Å². The average Bonchev–Trinajstić information content (AvgIpc) is 2.52. The summed E-state index contributed by atoms with van der Waals surface area (Å²) < 4.78 is 25.6. The number of imide groups is 1. The number of carbonyl (C=O) groups is 3. The molecule has 0 heterocycles. The van der Waals surface area contributed by atoms with Crippen LogP contribution in [0.3, 0.4) is 0 Å². The first-order valence-electron chi connectivity index (χ1n) is 8.99. The highest BCUT2D eigenvalue weighted by atomic mass is 16.6. The third-order valence-electron chi connectivity index (χ3n) is 2.73. The fourth-order valence-electron chi connectivity index (χ4n) is 1.63. The molecule has 0 atom stereocenters. The van der Waals surface area contributed by atoms with Gasteiger partial charge in [0, 0.05) is 6.08 Å². The molecular formula is C19H33NO8. The van der Waals surface area contributed by atoms with Crippen molar-refractivity contribution in [3.05, 3.63) is 12.2 Å². The molecule has 0 N–H and O–H groups in total. The zero-order valence-corrected chi connectivity index (χ0v) is 17.9. The van der Waals surface area contributed by atoms with Gasteiger partial charge in [-0.3, -0.25) is 0 Å². The van der Waals surface area contributed by atoms with E-state index in [0.29, 0.717) is 0 Å². The first-order chi connectivity index (χ1) is 12.9. The lowest BCUT2D eigenvalue weighted by Gasteiger charge is -2.28. The van der Waals surface area contributed by atoms with Crippen LogP contribution in [0.5, 0.6) is 0 Å². The SMILES string of the molecule is COC(=O)/C=C/COCCOCCN(C(=O)OC(C)(C)C)C(=O)OC(C)(C)C. The predicted octanol–water partition coefficient (Wildman–Crippen LogP) is 2.92. The van der Waals surface area contributed by atoms with Gasteiger partial charge in [0.2, 0.25) is 0 Å². The van der Waals surface area contributed by atoms with Gasteiger partial charge in [-0.15, -0.1) is 0 Å². The highest BCUT2D eigenvalue weighted by Gasteiger charge is 2.30. The van der Waals surface area contributed by atoms with E-state index in [2.05, 4.69) is 4.74 Å². The Labute approximate surface area is 166 Å². The molecule has 28 heavy (non-hydrogen) atoms. The molecule has 0 bridgehead atoms. The molecule has 0 spiro atoms. The third kappa shape index (κ3) is 14.0. The molecular weight excluding hydrogens is 370 g/mol. The molecule has 162 valence electrons. The van der Waals surface area contributed by atoms with Crippen molar-refractivity contribution in [3.8, 4) is 0 Å². The number of hydrogen-bond acceptors (Lipinski definition) is 8. The lowest BCUT2D eigenvalue weighted by molar-refractivity contribution is -0.134. The topological polar surface area (TPSA) is 101 Å². The van der Waals surface area contributed by atoms with Gasteiger partial charge in [0.15, 0.2) is 0 Å². The minimum absolute atomic E-state index is 0.0218. The van der Waals surface area contributed by atoms with E-state index in [0.717, 1.165) is 4.90 Å². The van der Waals surface area contributed by atoms with Gasteiger partial charge >= 0.3 is 18.2 Å². The highest BCUT2D eigenvalue weighted by Crippen LogP contribution is 2.14. The van der Waals surface area contributed by atoms with E-state index in [1.54, 1.807) is 41.5 Å². The zero-order chi connectivity index (χ0) is 21.8. The number of rotatable bonds is 9. The lowest BCUT2D eigenvalue weighted by Crippen LogP contribution is -2.45. The fraction of sp³-hybridized carbons (Fsp3) is 0.737. The summed E-state index contributed by atoms with van der Waals surface area (Å²) in [7, 11) is 1.29. The van der Waals surface area contributed by atoms with Crippen LogP contribution in [0.2, 0.25) is 0 Å². The van der Waals surface area contributed by atoms with E-state index in [-0.39, 0.29) is 33.0 Å². The Morgan fingerprint density at radius 2 is 1.32 bits per heavy atom. The Morgan fingerprint density at radius 1 is 0.821 bits per heavy atom. The zero-order valence-electron chi connectivity index (χ0n) is 17.9. The molecule has 0 aromatic carbocycles. The maximum absolute atomic E-state index is 12.3. The van der Waals surface area contributed by atoms with E-state index in [4.69, 9.17) is 18.9 Å². The van der Waals surface area contributed by atoms with Crippen molar-refractivity contribution >= 4 is 18.2 Å².